The van der Waals surface area contributed by atoms with Gasteiger partial charge in [-0.1, -0.05) is 0 Å². The molecule has 0 saturated carbocycles. The molecule has 2 aliphatic heterocycles. The highest BCUT2D eigenvalue weighted by Gasteiger charge is 2.52. The summed E-state index contributed by atoms with van der Waals surface area (Å²) in [6, 6.07) is 0.295. The molecule has 0 radical (unpaired) electrons. The fraction of sp³-hybridized carbons (Fsp3) is 0.706. The molecule has 0 aromatic carbocycles. The standard InChI is InChI=1S/C17H25BClN3O4/c1-16(2)17(3,4)26-18(25-16)12-9-20-15(21-10-12)24-11-13-6-5-7-22(13)14(23)8-19/h9-10,13H,5-8,11H2,1-4H3/t13-/m1/s1. The van der Waals surface area contributed by atoms with Crippen molar-refractivity contribution in [1.82, 2.24) is 14.9 Å². The van der Waals surface area contributed by atoms with E-state index in [0.717, 1.165) is 24.8 Å². The van der Waals surface area contributed by atoms with E-state index in [1.165, 1.54) is 0 Å². The van der Waals surface area contributed by atoms with Crippen molar-refractivity contribution in [2.45, 2.75) is 57.8 Å². The zero-order valence-corrected chi connectivity index (χ0v) is 16.5. The molecule has 2 fully saturated rings. The summed E-state index contributed by atoms with van der Waals surface area (Å²) in [6.07, 6.45) is 5.16. The average Bonchev–Trinajstić information content (AvgIpc) is 3.15. The maximum Gasteiger partial charge on any atom is 0.498 e. The SMILES string of the molecule is CC1(C)OB(c2cnc(OC[C@H]3CCCN3C(=O)CCl)nc2)OC1(C)C. The minimum Gasteiger partial charge on any atom is -0.461 e. The van der Waals surface area contributed by atoms with E-state index in [1.54, 1.807) is 17.3 Å². The molecule has 0 aliphatic carbocycles. The lowest BCUT2D eigenvalue weighted by Crippen LogP contribution is -2.41. The number of nitrogens with zero attached hydrogens (tertiary/aromatic N) is 3. The Morgan fingerprint density at radius 1 is 1.31 bits per heavy atom. The number of carbonyl (C=O) groups is 1. The van der Waals surface area contributed by atoms with Gasteiger partial charge in [-0.05, 0) is 40.5 Å². The highest BCUT2D eigenvalue weighted by Crippen LogP contribution is 2.36. The smallest absolute Gasteiger partial charge is 0.461 e. The van der Waals surface area contributed by atoms with Gasteiger partial charge in [0.25, 0.3) is 0 Å². The number of aromatic nitrogens is 2. The summed E-state index contributed by atoms with van der Waals surface area (Å²) in [4.78, 5) is 22.1. The van der Waals surface area contributed by atoms with E-state index in [4.69, 9.17) is 25.6 Å². The second-order valence-electron chi connectivity index (χ2n) is 7.72. The van der Waals surface area contributed by atoms with Crippen LogP contribution in [-0.4, -0.2) is 64.2 Å². The Kier molecular flexibility index (Phi) is 5.46. The molecule has 2 saturated heterocycles. The Labute approximate surface area is 159 Å². The van der Waals surface area contributed by atoms with Crippen molar-refractivity contribution in [2.24, 2.45) is 0 Å². The number of halogens is 1. The predicted molar refractivity (Wildman–Crippen MR) is 98.7 cm³/mol. The van der Waals surface area contributed by atoms with Crippen LogP contribution in [0.25, 0.3) is 0 Å². The molecule has 142 valence electrons. The van der Waals surface area contributed by atoms with Gasteiger partial charge in [-0.3, -0.25) is 4.79 Å². The molecule has 26 heavy (non-hydrogen) atoms. The lowest BCUT2D eigenvalue weighted by atomic mass is 9.81. The monoisotopic (exact) mass is 381 g/mol. The molecule has 3 heterocycles. The van der Waals surface area contributed by atoms with Gasteiger partial charge in [0.2, 0.25) is 5.91 Å². The van der Waals surface area contributed by atoms with Crippen LogP contribution in [0, 0.1) is 0 Å². The van der Waals surface area contributed by atoms with E-state index in [-0.39, 0.29) is 23.8 Å². The molecule has 7 nitrogen and oxygen atoms in total. The van der Waals surface area contributed by atoms with Gasteiger partial charge in [-0.2, -0.15) is 0 Å². The van der Waals surface area contributed by atoms with E-state index in [1.807, 2.05) is 27.7 Å². The van der Waals surface area contributed by atoms with Crippen LogP contribution in [0.1, 0.15) is 40.5 Å². The second kappa shape index (κ2) is 7.33. The summed E-state index contributed by atoms with van der Waals surface area (Å²) in [5, 5.41) is 0. The van der Waals surface area contributed by atoms with Gasteiger partial charge in [-0.25, -0.2) is 9.97 Å². The molecule has 1 aromatic rings. The van der Waals surface area contributed by atoms with Crippen LogP contribution in [0.3, 0.4) is 0 Å². The highest BCUT2D eigenvalue weighted by molar-refractivity contribution is 6.61. The van der Waals surface area contributed by atoms with E-state index < -0.39 is 18.3 Å². The average molecular weight is 382 g/mol. The fourth-order valence-electron chi connectivity index (χ4n) is 3.09. The number of alkyl halides is 1. The van der Waals surface area contributed by atoms with Crippen LogP contribution >= 0.6 is 11.6 Å². The van der Waals surface area contributed by atoms with Crippen LogP contribution in [0.15, 0.2) is 12.4 Å². The second-order valence-corrected chi connectivity index (χ2v) is 7.98. The van der Waals surface area contributed by atoms with Crippen molar-refractivity contribution in [3.05, 3.63) is 12.4 Å². The number of likely N-dealkylation sites (tertiary alicyclic amines) is 1. The largest absolute Gasteiger partial charge is 0.498 e. The molecule has 0 unspecified atom stereocenters. The summed E-state index contributed by atoms with van der Waals surface area (Å²) in [7, 11) is -0.499. The Bertz CT molecular complexity index is 640. The van der Waals surface area contributed by atoms with Gasteiger partial charge in [0.1, 0.15) is 12.5 Å². The first-order valence-corrected chi connectivity index (χ1v) is 9.43. The molecule has 1 aromatic heterocycles. The maximum absolute atomic E-state index is 11.8. The molecule has 3 rings (SSSR count). The van der Waals surface area contributed by atoms with Crippen molar-refractivity contribution in [1.29, 1.82) is 0 Å². The zero-order chi connectivity index (χ0) is 18.9. The van der Waals surface area contributed by atoms with Crippen molar-refractivity contribution >= 4 is 30.1 Å². The van der Waals surface area contributed by atoms with E-state index in [9.17, 15) is 4.79 Å². The van der Waals surface area contributed by atoms with Gasteiger partial charge in [-0.15, -0.1) is 11.6 Å². The molecule has 0 N–H and O–H groups in total. The highest BCUT2D eigenvalue weighted by atomic mass is 35.5. The van der Waals surface area contributed by atoms with Crippen LogP contribution < -0.4 is 10.2 Å². The van der Waals surface area contributed by atoms with Crippen molar-refractivity contribution in [3.63, 3.8) is 0 Å². The number of hydrogen-bond donors (Lipinski definition) is 0. The third kappa shape index (κ3) is 3.82. The Hall–Kier alpha value is -1.38. The third-order valence-electron chi connectivity index (χ3n) is 5.39. The molecule has 0 bridgehead atoms. The van der Waals surface area contributed by atoms with E-state index in [2.05, 4.69) is 9.97 Å². The van der Waals surface area contributed by atoms with Gasteiger partial charge in [0.05, 0.1) is 17.2 Å². The van der Waals surface area contributed by atoms with Crippen molar-refractivity contribution in [2.75, 3.05) is 19.0 Å². The summed E-state index contributed by atoms with van der Waals surface area (Å²) >= 11 is 5.65. The van der Waals surface area contributed by atoms with Crippen molar-refractivity contribution < 1.29 is 18.8 Å². The minimum atomic E-state index is -0.499. The number of ether oxygens (including phenoxy) is 1. The Morgan fingerprint density at radius 2 is 1.92 bits per heavy atom. The molecule has 9 heteroatoms. The first-order chi connectivity index (χ1) is 12.2. The quantitative estimate of drug-likeness (QED) is 0.567. The van der Waals surface area contributed by atoms with Crippen LogP contribution in [0.2, 0.25) is 0 Å². The number of hydrogen-bond acceptors (Lipinski definition) is 6. The third-order valence-corrected chi connectivity index (χ3v) is 5.62. The maximum atomic E-state index is 11.8. The molecule has 0 spiro atoms. The van der Waals surface area contributed by atoms with Gasteiger partial charge < -0.3 is 18.9 Å². The van der Waals surface area contributed by atoms with Gasteiger partial charge in [0.15, 0.2) is 0 Å². The predicted octanol–water partition coefficient (Wildman–Crippen LogP) is 1.38. The summed E-state index contributed by atoms with van der Waals surface area (Å²) < 4.78 is 17.6. The topological polar surface area (TPSA) is 73.8 Å². The number of rotatable bonds is 5. The fourth-order valence-corrected chi connectivity index (χ4v) is 3.24. The van der Waals surface area contributed by atoms with Crippen LogP contribution in [-0.2, 0) is 14.1 Å². The molecular formula is C17H25BClN3O4. The normalized spacial score (nSPS) is 24.1. The van der Waals surface area contributed by atoms with Crippen LogP contribution in [0.4, 0.5) is 0 Å². The Balaban J connectivity index is 1.58. The number of amides is 1. The molecule has 2 aliphatic rings. The van der Waals surface area contributed by atoms with Gasteiger partial charge >= 0.3 is 13.1 Å². The van der Waals surface area contributed by atoms with Crippen molar-refractivity contribution in [3.8, 4) is 6.01 Å². The van der Waals surface area contributed by atoms with E-state index >= 15 is 0 Å². The van der Waals surface area contributed by atoms with Gasteiger partial charge in [0, 0.05) is 24.4 Å². The summed E-state index contributed by atoms with van der Waals surface area (Å²) in [6.45, 7) is 9.09. The first-order valence-electron chi connectivity index (χ1n) is 8.89. The lowest BCUT2D eigenvalue weighted by molar-refractivity contribution is -0.129. The van der Waals surface area contributed by atoms with E-state index in [0.29, 0.717) is 6.61 Å². The number of carbonyl (C=O) groups excluding carboxylic acids is 1. The first kappa shape index (κ1) is 19.4. The summed E-state index contributed by atoms with van der Waals surface area (Å²) in [5.41, 5.74) is -0.0719. The molecule has 1 amide bonds. The molecule has 1 atom stereocenters. The zero-order valence-electron chi connectivity index (χ0n) is 15.7. The lowest BCUT2D eigenvalue weighted by Gasteiger charge is -2.32. The minimum absolute atomic E-state index is 0.00418. The molecular weight excluding hydrogens is 356 g/mol. The Morgan fingerprint density at radius 3 is 2.50 bits per heavy atom. The van der Waals surface area contributed by atoms with Crippen LogP contribution in [0.5, 0.6) is 6.01 Å². The summed E-state index contributed by atoms with van der Waals surface area (Å²) in [5.74, 6) is -0.0646.